The lowest BCUT2D eigenvalue weighted by molar-refractivity contribution is 0.0696. The van der Waals surface area contributed by atoms with E-state index in [0.29, 0.717) is 6.07 Å². The molecular formula is C12H7F2NO2. The van der Waals surface area contributed by atoms with Crippen molar-refractivity contribution in [1.82, 2.24) is 4.98 Å². The Labute approximate surface area is 95.4 Å². The maximum absolute atomic E-state index is 13.6. The second kappa shape index (κ2) is 4.29. The van der Waals surface area contributed by atoms with E-state index in [-0.39, 0.29) is 11.3 Å². The Hall–Kier alpha value is -2.30. The van der Waals surface area contributed by atoms with Crippen LogP contribution < -0.4 is 0 Å². The van der Waals surface area contributed by atoms with Gasteiger partial charge in [0.05, 0.1) is 16.8 Å². The van der Waals surface area contributed by atoms with E-state index >= 15 is 0 Å². The highest BCUT2D eigenvalue weighted by molar-refractivity contribution is 5.95. The zero-order chi connectivity index (χ0) is 12.4. The van der Waals surface area contributed by atoms with Crippen LogP contribution in [0.2, 0.25) is 0 Å². The standard InChI is InChI=1S/C12H7F2NO2/c13-7-5-8(12(16)17)11(9(14)6-7)10-3-1-2-4-15-10/h1-6H,(H,16,17). The van der Waals surface area contributed by atoms with Gasteiger partial charge >= 0.3 is 5.97 Å². The van der Waals surface area contributed by atoms with Crippen LogP contribution >= 0.6 is 0 Å². The first kappa shape index (κ1) is 11.2. The number of halogens is 2. The van der Waals surface area contributed by atoms with E-state index in [2.05, 4.69) is 4.98 Å². The molecule has 1 aromatic carbocycles. The smallest absolute Gasteiger partial charge is 0.336 e. The summed E-state index contributed by atoms with van der Waals surface area (Å²) in [7, 11) is 0. The van der Waals surface area contributed by atoms with Gasteiger partial charge in [-0.05, 0) is 18.2 Å². The number of rotatable bonds is 2. The molecule has 0 fully saturated rings. The van der Waals surface area contributed by atoms with Crippen LogP contribution in [-0.4, -0.2) is 16.1 Å². The number of carboxylic acids is 1. The van der Waals surface area contributed by atoms with Gasteiger partial charge in [0.1, 0.15) is 11.6 Å². The Balaban J connectivity index is 2.72. The molecule has 1 N–H and O–H groups in total. The average molecular weight is 235 g/mol. The van der Waals surface area contributed by atoms with Crippen LogP contribution in [0.1, 0.15) is 10.4 Å². The SMILES string of the molecule is O=C(O)c1cc(F)cc(F)c1-c1ccccn1. The summed E-state index contributed by atoms with van der Waals surface area (Å²) in [5, 5.41) is 8.91. The summed E-state index contributed by atoms with van der Waals surface area (Å²) in [4.78, 5) is 14.8. The van der Waals surface area contributed by atoms with Crippen molar-refractivity contribution in [2.24, 2.45) is 0 Å². The average Bonchev–Trinajstić information content (AvgIpc) is 2.29. The van der Waals surface area contributed by atoms with Crippen molar-refractivity contribution < 1.29 is 18.7 Å². The van der Waals surface area contributed by atoms with E-state index in [9.17, 15) is 13.6 Å². The van der Waals surface area contributed by atoms with Crippen LogP contribution in [0, 0.1) is 11.6 Å². The number of benzene rings is 1. The zero-order valence-electron chi connectivity index (χ0n) is 8.52. The normalized spacial score (nSPS) is 10.2. The number of nitrogens with zero attached hydrogens (tertiary/aromatic N) is 1. The minimum atomic E-state index is -1.40. The van der Waals surface area contributed by atoms with Crippen molar-refractivity contribution in [3.05, 3.63) is 53.7 Å². The lowest BCUT2D eigenvalue weighted by atomic mass is 10.0. The van der Waals surface area contributed by atoms with Crippen molar-refractivity contribution in [1.29, 1.82) is 0 Å². The molecule has 0 aliphatic heterocycles. The molecule has 5 heteroatoms. The van der Waals surface area contributed by atoms with Crippen LogP contribution in [0.25, 0.3) is 11.3 Å². The minimum absolute atomic E-state index is 0.155. The van der Waals surface area contributed by atoms with Gasteiger partial charge in [0.15, 0.2) is 0 Å². The van der Waals surface area contributed by atoms with Crippen LogP contribution in [0.4, 0.5) is 8.78 Å². The van der Waals surface area contributed by atoms with Crippen molar-refractivity contribution in [3.63, 3.8) is 0 Å². The molecule has 0 aliphatic carbocycles. The summed E-state index contributed by atoms with van der Waals surface area (Å²) in [5.41, 5.74) is -0.497. The van der Waals surface area contributed by atoms with E-state index in [1.807, 2.05) is 0 Å². The number of pyridine rings is 1. The third-order valence-electron chi connectivity index (χ3n) is 2.21. The molecule has 2 aromatic rings. The summed E-state index contributed by atoms with van der Waals surface area (Å²) >= 11 is 0. The predicted octanol–water partition coefficient (Wildman–Crippen LogP) is 2.73. The first-order valence-corrected chi connectivity index (χ1v) is 4.73. The first-order chi connectivity index (χ1) is 8.09. The monoisotopic (exact) mass is 235 g/mol. The molecule has 1 aromatic heterocycles. The third-order valence-corrected chi connectivity index (χ3v) is 2.21. The fraction of sp³-hybridized carbons (Fsp3) is 0. The Morgan fingerprint density at radius 2 is 2.00 bits per heavy atom. The number of aromatic nitrogens is 1. The van der Waals surface area contributed by atoms with E-state index < -0.39 is 23.2 Å². The molecule has 0 amide bonds. The fourth-order valence-electron chi connectivity index (χ4n) is 1.51. The molecule has 86 valence electrons. The van der Waals surface area contributed by atoms with Crippen molar-refractivity contribution in [2.75, 3.05) is 0 Å². The molecule has 0 saturated heterocycles. The summed E-state index contributed by atoms with van der Waals surface area (Å²) in [6, 6.07) is 6.08. The minimum Gasteiger partial charge on any atom is -0.478 e. The third kappa shape index (κ3) is 2.13. The number of aromatic carboxylic acids is 1. The van der Waals surface area contributed by atoms with Crippen LogP contribution in [0.5, 0.6) is 0 Å². The quantitative estimate of drug-likeness (QED) is 0.870. The van der Waals surface area contributed by atoms with Gasteiger partial charge in [-0.2, -0.15) is 0 Å². The molecule has 0 unspecified atom stereocenters. The van der Waals surface area contributed by atoms with Gasteiger partial charge in [-0.1, -0.05) is 6.07 Å². The van der Waals surface area contributed by atoms with E-state index in [0.717, 1.165) is 6.07 Å². The number of carboxylic acid groups (broad SMARTS) is 1. The largest absolute Gasteiger partial charge is 0.478 e. The highest BCUT2D eigenvalue weighted by Crippen LogP contribution is 2.26. The van der Waals surface area contributed by atoms with Gasteiger partial charge in [-0.25, -0.2) is 13.6 Å². The summed E-state index contributed by atoms with van der Waals surface area (Å²) in [6.07, 6.45) is 1.41. The number of hydrogen-bond acceptors (Lipinski definition) is 2. The number of carbonyl (C=O) groups is 1. The molecule has 0 aliphatic rings. The van der Waals surface area contributed by atoms with Crippen molar-refractivity contribution in [3.8, 4) is 11.3 Å². The Morgan fingerprint density at radius 1 is 1.24 bits per heavy atom. The molecule has 17 heavy (non-hydrogen) atoms. The molecule has 2 rings (SSSR count). The molecular weight excluding hydrogens is 228 g/mol. The van der Waals surface area contributed by atoms with Gasteiger partial charge in [0, 0.05) is 12.3 Å². The second-order valence-electron chi connectivity index (χ2n) is 3.33. The Bertz CT molecular complexity index is 570. The van der Waals surface area contributed by atoms with Gasteiger partial charge in [-0.15, -0.1) is 0 Å². The highest BCUT2D eigenvalue weighted by Gasteiger charge is 2.18. The van der Waals surface area contributed by atoms with Gasteiger partial charge in [-0.3, -0.25) is 4.98 Å². The van der Waals surface area contributed by atoms with Gasteiger partial charge in [0.25, 0.3) is 0 Å². The molecule has 3 nitrogen and oxygen atoms in total. The lowest BCUT2D eigenvalue weighted by Gasteiger charge is -2.06. The van der Waals surface area contributed by atoms with E-state index in [1.165, 1.54) is 12.3 Å². The topological polar surface area (TPSA) is 50.2 Å². The molecule has 1 heterocycles. The Kier molecular flexibility index (Phi) is 2.82. The van der Waals surface area contributed by atoms with E-state index in [4.69, 9.17) is 5.11 Å². The van der Waals surface area contributed by atoms with Crippen molar-refractivity contribution >= 4 is 5.97 Å². The van der Waals surface area contributed by atoms with Crippen LogP contribution in [0.15, 0.2) is 36.5 Å². The summed E-state index contributed by atoms with van der Waals surface area (Å²) in [5.74, 6) is -3.27. The first-order valence-electron chi connectivity index (χ1n) is 4.73. The van der Waals surface area contributed by atoms with Gasteiger partial charge in [0.2, 0.25) is 0 Å². The molecule has 0 spiro atoms. The lowest BCUT2D eigenvalue weighted by Crippen LogP contribution is -2.04. The molecule has 0 bridgehead atoms. The maximum Gasteiger partial charge on any atom is 0.336 e. The van der Waals surface area contributed by atoms with Crippen LogP contribution in [0.3, 0.4) is 0 Å². The Morgan fingerprint density at radius 3 is 2.59 bits per heavy atom. The molecule has 0 radical (unpaired) electrons. The van der Waals surface area contributed by atoms with Crippen LogP contribution in [-0.2, 0) is 0 Å². The summed E-state index contributed by atoms with van der Waals surface area (Å²) < 4.78 is 26.6. The fourth-order valence-corrected chi connectivity index (χ4v) is 1.51. The van der Waals surface area contributed by atoms with E-state index in [1.54, 1.807) is 12.1 Å². The van der Waals surface area contributed by atoms with Gasteiger partial charge < -0.3 is 5.11 Å². The zero-order valence-corrected chi connectivity index (χ0v) is 8.52. The summed E-state index contributed by atoms with van der Waals surface area (Å²) in [6.45, 7) is 0. The maximum atomic E-state index is 13.6. The second-order valence-corrected chi connectivity index (χ2v) is 3.33. The van der Waals surface area contributed by atoms with Crippen molar-refractivity contribution in [2.45, 2.75) is 0 Å². The molecule has 0 saturated carbocycles. The molecule has 0 atom stereocenters. The predicted molar refractivity (Wildman–Crippen MR) is 56.5 cm³/mol. The highest BCUT2D eigenvalue weighted by atomic mass is 19.1. The number of hydrogen-bond donors (Lipinski definition) is 1.